The maximum absolute atomic E-state index is 12.9. The van der Waals surface area contributed by atoms with Crippen LogP contribution >= 0.6 is 11.3 Å². The molecule has 0 saturated carbocycles. The second-order valence-electron chi connectivity index (χ2n) is 5.71. The molecule has 0 radical (unpaired) electrons. The molecule has 3 heterocycles. The molecule has 6 heteroatoms. The highest BCUT2D eigenvalue weighted by Gasteiger charge is 2.16. The van der Waals surface area contributed by atoms with E-state index >= 15 is 0 Å². The third-order valence-corrected chi connectivity index (χ3v) is 5.21. The molecule has 0 unspecified atom stereocenters. The van der Waals surface area contributed by atoms with Crippen molar-refractivity contribution < 1.29 is 4.52 Å². The normalized spacial score (nSPS) is 11.2. The smallest absolute Gasteiger partial charge is 0.262 e. The standard InChI is InChI=1S/C18H15N3O2S/c1-11-8-14(20-23-11)9-21-10-19-17-15(18(21)22)12(2)16(24-17)13-6-4-3-5-7-13/h3-8,10H,9H2,1-2H3. The van der Waals surface area contributed by atoms with Crippen molar-refractivity contribution in [3.8, 4) is 10.4 Å². The van der Waals surface area contributed by atoms with Crippen molar-refractivity contribution >= 4 is 21.6 Å². The molecule has 0 N–H and O–H groups in total. The third kappa shape index (κ3) is 2.45. The van der Waals surface area contributed by atoms with E-state index in [0.29, 0.717) is 17.6 Å². The third-order valence-electron chi connectivity index (χ3n) is 3.96. The first kappa shape index (κ1) is 14.8. The first-order chi connectivity index (χ1) is 11.6. The van der Waals surface area contributed by atoms with Crippen LogP contribution in [-0.4, -0.2) is 14.7 Å². The maximum Gasteiger partial charge on any atom is 0.262 e. The minimum absolute atomic E-state index is 0.0448. The predicted molar refractivity (Wildman–Crippen MR) is 94.4 cm³/mol. The highest BCUT2D eigenvalue weighted by molar-refractivity contribution is 7.22. The van der Waals surface area contributed by atoms with Gasteiger partial charge in [-0.1, -0.05) is 35.5 Å². The zero-order valence-corrected chi connectivity index (χ0v) is 14.1. The zero-order chi connectivity index (χ0) is 16.7. The van der Waals surface area contributed by atoms with E-state index in [1.165, 1.54) is 0 Å². The molecule has 120 valence electrons. The number of hydrogen-bond donors (Lipinski definition) is 0. The number of benzene rings is 1. The fourth-order valence-corrected chi connectivity index (χ4v) is 3.95. The molecular formula is C18H15N3O2S. The minimum Gasteiger partial charge on any atom is -0.361 e. The quantitative estimate of drug-likeness (QED) is 0.571. The molecule has 0 bridgehead atoms. The number of aryl methyl sites for hydroxylation is 2. The van der Waals surface area contributed by atoms with Gasteiger partial charge in [-0.05, 0) is 25.0 Å². The number of fused-ring (bicyclic) bond motifs is 1. The van der Waals surface area contributed by atoms with Gasteiger partial charge in [-0.3, -0.25) is 9.36 Å². The van der Waals surface area contributed by atoms with E-state index in [0.717, 1.165) is 26.6 Å². The van der Waals surface area contributed by atoms with Crippen LogP contribution < -0.4 is 5.56 Å². The Balaban J connectivity index is 1.84. The second kappa shape index (κ2) is 5.72. The van der Waals surface area contributed by atoms with Crippen LogP contribution in [0.5, 0.6) is 0 Å². The summed E-state index contributed by atoms with van der Waals surface area (Å²) in [6.45, 7) is 4.17. The summed E-state index contributed by atoms with van der Waals surface area (Å²) in [6.07, 6.45) is 1.58. The summed E-state index contributed by atoms with van der Waals surface area (Å²) in [7, 11) is 0. The average molecular weight is 337 g/mol. The largest absolute Gasteiger partial charge is 0.361 e. The van der Waals surface area contributed by atoms with E-state index in [-0.39, 0.29) is 5.56 Å². The number of rotatable bonds is 3. The zero-order valence-electron chi connectivity index (χ0n) is 13.3. The maximum atomic E-state index is 12.9. The van der Waals surface area contributed by atoms with E-state index in [4.69, 9.17) is 4.52 Å². The van der Waals surface area contributed by atoms with Crippen LogP contribution in [-0.2, 0) is 6.54 Å². The summed E-state index contributed by atoms with van der Waals surface area (Å²) >= 11 is 1.55. The lowest BCUT2D eigenvalue weighted by Crippen LogP contribution is -2.21. The Morgan fingerprint density at radius 2 is 2.00 bits per heavy atom. The Morgan fingerprint density at radius 3 is 2.71 bits per heavy atom. The van der Waals surface area contributed by atoms with Crippen molar-refractivity contribution in [3.05, 3.63) is 70.1 Å². The van der Waals surface area contributed by atoms with Gasteiger partial charge >= 0.3 is 0 Å². The summed E-state index contributed by atoms with van der Waals surface area (Å²) in [5, 5.41) is 4.63. The van der Waals surface area contributed by atoms with Crippen molar-refractivity contribution in [1.29, 1.82) is 0 Å². The summed E-state index contributed by atoms with van der Waals surface area (Å²) in [6, 6.07) is 11.9. The van der Waals surface area contributed by atoms with Gasteiger partial charge in [0.15, 0.2) is 0 Å². The van der Waals surface area contributed by atoms with Gasteiger partial charge in [-0.25, -0.2) is 4.98 Å². The van der Waals surface area contributed by atoms with Gasteiger partial charge in [-0.15, -0.1) is 11.3 Å². The van der Waals surface area contributed by atoms with Crippen molar-refractivity contribution in [2.24, 2.45) is 0 Å². The summed E-state index contributed by atoms with van der Waals surface area (Å²) in [5.74, 6) is 0.727. The van der Waals surface area contributed by atoms with Gasteiger partial charge in [0, 0.05) is 10.9 Å². The Hall–Kier alpha value is -2.73. The molecule has 0 fully saturated rings. The van der Waals surface area contributed by atoms with Crippen LogP contribution in [0.1, 0.15) is 17.0 Å². The molecule has 0 aliphatic heterocycles. The second-order valence-corrected chi connectivity index (χ2v) is 6.71. The number of nitrogens with zero attached hydrogens (tertiary/aromatic N) is 3. The van der Waals surface area contributed by atoms with Crippen molar-refractivity contribution in [3.63, 3.8) is 0 Å². The van der Waals surface area contributed by atoms with Crippen LogP contribution in [0.15, 0.2) is 52.0 Å². The van der Waals surface area contributed by atoms with Gasteiger partial charge < -0.3 is 4.52 Å². The molecular weight excluding hydrogens is 322 g/mol. The molecule has 0 spiro atoms. The van der Waals surface area contributed by atoms with Crippen LogP contribution in [0.4, 0.5) is 0 Å². The fourth-order valence-electron chi connectivity index (χ4n) is 2.80. The molecule has 24 heavy (non-hydrogen) atoms. The Kier molecular flexibility index (Phi) is 3.54. The molecule has 0 saturated heterocycles. The molecule has 0 aliphatic carbocycles. The van der Waals surface area contributed by atoms with E-state index in [1.807, 2.05) is 38.1 Å². The molecule has 5 nitrogen and oxygen atoms in total. The topological polar surface area (TPSA) is 60.9 Å². The lowest BCUT2D eigenvalue weighted by molar-refractivity contribution is 0.388. The number of aromatic nitrogens is 3. The number of hydrogen-bond acceptors (Lipinski definition) is 5. The van der Waals surface area contributed by atoms with Crippen molar-refractivity contribution in [2.75, 3.05) is 0 Å². The van der Waals surface area contributed by atoms with Gasteiger partial charge in [0.1, 0.15) is 16.3 Å². The van der Waals surface area contributed by atoms with Crippen LogP contribution in [0, 0.1) is 13.8 Å². The van der Waals surface area contributed by atoms with Gasteiger partial charge in [0.05, 0.1) is 18.3 Å². The lowest BCUT2D eigenvalue weighted by Gasteiger charge is -2.02. The summed E-state index contributed by atoms with van der Waals surface area (Å²) in [4.78, 5) is 19.2. The lowest BCUT2D eigenvalue weighted by atomic mass is 10.1. The van der Waals surface area contributed by atoms with Crippen LogP contribution in [0.3, 0.4) is 0 Å². The molecule has 4 aromatic rings. The Labute approximate surface area is 142 Å². The monoisotopic (exact) mass is 337 g/mol. The Morgan fingerprint density at radius 1 is 1.21 bits per heavy atom. The van der Waals surface area contributed by atoms with Gasteiger partial charge in [0.2, 0.25) is 0 Å². The predicted octanol–water partition coefficient (Wildman–Crippen LogP) is 3.78. The SMILES string of the molecule is Cc1cc(Cn2cnc3sc(-c4ccccc4)c(C)c3c2=O)no1. The highest BCUT2D eigenvalue weighted by Crippen LogP contribution is 2.35. The first-order valence-corrected chi connectivity index (χ1v) is 8.41. The summed E-state index contributed by atoms with van der Waals surface area (Å²) in [5.41, 5.74) is 2.75. The van der Waals surface area contributed by atoms with E-state index in [1.54, 1.807) is 22.2 Å². The van der Waals surface area contributed by atoms with E-state index in [2.05, 4.69) is 22.3 Å². The fraction of sp³-hybridized carbons (Fsp3) is 0.167. The number of thiophene rings is 1. The van der Waals surface area contributed by atoms with Crippen molar-refractivity contribution in [1.82, 2.24) is 14.7 Å². The Bertz CT molecular complexity index is 1080. The van der Waals surface area contributed by atoms with Crippen LogP contribution in [0.25, 0.3) is 20.7 Å². The van der Waals surface area contributed by atoms with Crippen LogP contribution in [0.2, 0.25) is 0 Å². The molecule has 0 atom stereocenters. The molecule has 0 amide bonds. The highest BCUT2D eigenvalue weighted by atomic mass is 32.1. The molecule has 0 aliphatic rings. The molecule has 3 aromatic heterocycles. The first-order valence-electron chi connectivity index (χ1n) is 7.59. The summed E-state index contributed by atoms with van der Waals surface area (Å²) < 4.78 is 6.64. The van der Waals surface area contributed by atoms with Gasteiger partial charge in [0.25, 0.3) is 5.56 Å². The van der Waals surface area contributed by atoms with E-state index in [9.17, 15) is 4.79 Å². The molecule has 4 rings (SSSR count). The molecule has 1 aromatic carbocycles. The van der Waals surface area contributed by atoms with Crippen molar-refractivity contribution in [2.45, 2.75) is 20.4 Å². The average Bonchev–Trinajstić information content (AvgIpc) is 3.15. The van der Waals surface area contributed by atoms with Gasteiger partial charge in [-0.2, -0.15) is 0 Å². The van der Waals surface area contributed by atoms with E-state index < -0.39 is 0 Å². The minimum atomic E-state index is -0.0448.